The van der Waals surface area contributed by atoms with Crippen molar-refractivity contribution in [3.63, 3.8) is 0 Å². The summed E-state index contributed by atoms with van der Waals surface area (Å²) in [6, 6.07) is 14.2. The molecule has 4 nitrogen and oxygen atoms in total. The number of fused-ring (bicyclic) bond motifs is 1. The molecule has 0 saturated carbocycles. The molecule has 4 heteroatoms. The number of hydrogen-bond donors (Lipinski definition) is 3. The van der Waals surface area contributed by atoms with Crippen LogP contribution in [0.2, 0.25) is 0 Å². The fourth-order valence-electron chi connectivity index (χ4n) is 2.16. The van der Waals surface area contributed by atoms with Crippen LogP contribution >= 0.6 is 0 Å². The third-order valence-electron chi connectivity index (χ3n) is 3.34. The Balaban J connectivity index is 1.81. The van der Waals surface area contributed by atoms with Gasteiger partial charge in [0.1, 0.15) is 18.5 Å². The van der Waals surface area contributed by atoms with Crippen molar-refractivity contribution in [2.45, 2.75) is 25.5 Å². The Kier molecular flexibility index (Phi) is 5.99. The number of ether oxygens (including phenoxy) is 1. The van der Waals surface area contributed by atoms with E-state index in [1.165, 1.54) is 0 Å². The molecule has 0 radical (unpaired) electrons. The Labute approximate surface area is 125 Å². The predicted octanol–water partition coefficient (Wildman–Crippen LogP) is 1.91. The van der Waals surface area contributed by atoms with Gasteiger partial charge >= 0.3 is 0 Å². The molecular weight excluding hydrogens is 264 g/mol. The van der Waals surface area contributed by atoms with Crippen LogP contribution in [-0.4, -0.2) is 36.9 Å². The summed E-state index contributed by atoms with van der Waals surface area (Å²) in [5.74, 6) is 0.808. The molecule has 4 N–H and O–H groups in total. The zero-order valence-corrected chi connectivity index (χ0v) is 12.5. The van der Waals surface area contributed by atoms with Crippen molar-refractivity contribution in [3.8, 4) is 5.75 Å². The molecule has 2 unspecified atom stereocenters. The largest absolute Gasteiger partial charge is 0.490 e. The highest BCUT2D eigenvalue weighted by Crippen LogP contribution is 2.25. The molecule has 0 bridgehead atoms. The molecule has 0 aliphatic heterocycles. The second-order valence-electron chi connectivity index (χ2n) is 5.41. The second kappa shape index (κ2) is 7.98. The minimum Gasteiger partial charge on any atom is -0.490 e. The maximum Gasteiger partial charge on any atom is 0.127 e. The van der Waals surface area contributed by atoms with Crippen LogP contribution in [0.25, 0.3) is 10.8 Å². The van der Waals surface area contributed by atoms with Crippen LogP contribution in [0.15, 0.2) is 42.5 Å². The van der Waals surface area contributed by atoms with Gasteiger partial charge in [-0.25, -0.2) is 0 Å². The minimum absolute atomic E-state index is 0.182. The molecule has 0 amide bonds. The standard InChI is InChI=1S/C17H24N2O2/c1-13(18)9-10-19-11-15(20)12-21-17-8-4-6-14-5-2-3-7-16(14)17/h2-8,13,15,19-20H,9-12,18H2,1H3. The van der Waals surface area contributed by atoms with Crippen LogP contribution in [0.4, 0.5) is 0 Å². The first-order valence-corrected chi connectivity index (χ1v) is 7.41. The molecule has 2 atom stereocenters. The highest BCUT2D eigenvalue weighted by Gasteiger charge is 2.07. The molecule has 0 aliphatic carbocycles. The highest BCUT2D eigenvalue weighted by molar-refractivity contribution is 5.88. The van der Waals surface area contributed by atoms with Gasteiger partial charge < -0.3 is 20.9 Å². The normalized spacial score (nSPS) is 14.0. The van der Waals surface area contributed by atoms with Gasteiger partial charge in [0.15, 0.2) is 0 Å². The van der Waals surface area contributed by atoms with Gasteiger partial charge in [0, 0.05) is 18.0 Å². The van der Waals surface area contributed by atoms with Crippen molar-refractivity contribution >= 4 is 10.8 Å². The Bertz CT molecular complexity index is 552. The summed E-state index contributed by atoms with van der Waals surface area (Å²) in [6.07, 6.45) is 0.369. The Hall–Kier alpha value is -1.62. The first-order chi connectivity index (χ1) is 10.2. The van der Waals surface area contributed by atoms with Crippen molar-refractivity contribution in [1.82, 2.24) is 5.32 Å². The maximum absolute atomic E-state index is 9.93. The Morgan fingerprint density at radius 1 is 1.19 bits per heavy atom. The molecule has 0 aliphatic rings. The maximum atomic E-state index is 9.93. The molecule has 21 heavy (non-hydrogen) atoms. The van der Waals surface area contributed by atoms with Crippen molar-refractivity contribution in [3.05, 3.63) is 42.5 Å². The topological polar surface area (TPSA) is 67.5 Å². The van der Waals surface area contributed by atoms with E-state index >= 15 is 0 Å². The monoisotopic (exact) mass is 288 g/mol. The van der Waals surface area contributed by atoms with Gasteiger partial charge in [-0.3, -0.25) is 0 Å². The number of hydrogen-bond acceptors (Lipinski definition) is 4. The van der Waals surface area contributed by atoms with E-state index in [0.717, 1.165) is 29.5 Å². The van der Waals surface area contributed by atoms with Gasteiger partial charge in [0.2, 0.25) is 0 Å². The summed E-state index contributed by atoms with van der Waals surface area (Å²) in [6.45, 7) is 3.57. The van der Waals surface area contributed by atoms with Crippen LogP contribution in [0.3, 0.4) is 0 Å². The summed E-state index contributed by atoms with van der Waals surface area (Å²) in [5.41, 5.74) is 5.67. The highest BCUT2D eigenvalue weighted by atomic mass is 16.5. The second-order valence-corrected chi connectivity index (χ2v) is 5.41. The number of rotatable bonds is 8. The smallest absolute Gasteiger partial charge is 0.127 e. The van der Waals surface area contributed by atoms with Crippen LogP contribution < -0.4 is 15.8 Å². The fraction of sp³-hybridized carbons (Fsp3) is 0.412. The van der Waals surface area contributed by atoms with Crippen LogP contribution in [0.5, 0.6) is 5.75 Å². The van der Waals surface area contributed by atoms with E-state index in [-0.39, 0.29) is 12.6 Å². The third kappa shape index (κ3) is 5.01. The number of benzene rings is 2. The number of aliphatic hydroxyl groups is 1. The first kappa shape index (κ1) is 15.8. The Morgan fingerprint density at radius 3 is 2.76 bits per heavy atom. The fourth-order valence-corrected chi connectivity index (χ4v) is 2.16. The first-order valence-electron chi connectivity index (χ1n) is 7.41. The van der Waals surface area contributed by atoms with E-state index in [1.807, 2.05) is 49.4 Å². The van der Waals surface area contributed by atoms with Crippen molar-refractivity contribution in [2.24, 2.45) is 5.73 Å². The van der Waals surface area contributed by atoms with E-state index in [2.05, 4.69) is 5.32 Å². The van der Waals surface area contributed by atoms with Gasteiger partial charge in [-0.1, -0.05) is 36.4 Å². The third-order valence-corrected chi connectivity index (χ3v) is 3.34. The Morgan fingerprint density at radius 2 is 1.95 bits per heavy atom. The number of aliphatic hydroxyl groups excluding tert-OH is 1. The quantitative estimate of drug-likeness (QED) is 0.649. The lowest BCUT2D eigenvalue weighted by atomic mass is 10.1. The SMILES string of the molecule is CC(N)CCNCC(O)COc1cccc2ccccc12. The molecule has 2 aromatic rings. The lowest BCUT2D eigenvalue weighted by Gasteiger charge is -2.15. The van der Waals surface area contributed by atoms with E-state index < -0.39 is 6.10 Å². The van der Waals surface area contributed by atoms with Crippen molar-refractivity contribution in [1.29, 1.82) is 0 Å². The zero-order valence-electron chi connectivity index (χ0n) is 12.5. The number of nitrogens with two attached hydrogens (primary N) is 1. The van der Waals surface area contributed by atoms with Gasteiger partial charge in [0.25, 0.3) is 0 Å². The van der Waals surface area contributed by atoms with Gasteiger partial charge in [-0.15, -0.1) is 0 Å². The molecule has 0 heterocycles. The van der Waals surface area contributed by atoms with Crippen LogP contribution in [-0.2, 0) is 0 Å². The van der Waals surface area contributed by atoms with Crippen molar-refractivity contribution < 1.29 is 9.84 Å². The summed E-state index contributed by atoms with van der Waals surface area (Å²) in [7, 11) is 0. The molecule has 114 valence electrons. The average Bonchev–Trinajstić information content (AvgIpc) is 2.49. The van der Waals surface area contributed by atoms with Gasteiger partial charge in [-0.2, -0.15) is 0 Å². The summed E-state index contributed by atoms with van der Waals surface area (Å²) in [5, 5.41) is 15.3. The van der Waals surface area contributed by atoms with E-state index in [1.54, 1.807) is 0 Å². The van der Waals surface area contributed by atoms with E-state index in [9.17, 15) is 5.11 Å². The molecule has 0 fully saturated rings. The average molecular weight is 288 g/mol. The van der Waals surface area contributed by atoms with E-state index in [4.69, 9.17) is 10.5 Å². The zero-order chi connectivity index (χ0) is 15.1. The van der Waals surface area contributed by atoms with Gasteiger partial charge in [0.05, 0.1) is 0 Å². The van der Waals surface area contributed by atoms with Crippen molar-refractivity contribution in [2.75, 3.05) is 19.7 Å². The van der Waals surface area contributed by atoms with E-state index in [0.29, 0.717) is 6.54 Å². The van der Waals surface area contributed by atoms with Crippen LogP contribution in [0.1, 0.15) is 13.3 Å². The molecule has 2 aromatic carbocycles. The summed E-state index contributed by atoms with van der Waals surface area (Å²) >= 11 is 0. The molecule has 0 aromatic heterocycles. The van der Waals surface area contributed by atoms with Gasteiger partial charge in [-0.05, 0) is 31.3 Å². The minimum atomic E-state index is -0.531. The summed E-state index contributed by atoms with van der Waals surface area (Å²) < 4.78 is 5.74. The predicted molar refractivity (Wildman–Crippen MR) is 86.6 cm³/mol. The molecular formula is C17H24N2O2. The molecule has 0 saturated heterocycles. The molecule has 0 spiro atoms. The molecule has 2 rings (SSSR count). The lowest BCUT2D eigenvalue weighted by Crippen LogP contribution is -2.33. The lowest BCUT2D eigenvalue weighted by molar-refractivity contribution is 0.107. The number of nitrogens with one attached hydrogen (secondary N) is 1. The summed E-state index contributed by atoms with van der Waals surface area (Å²) in [4.78, 5) is 0. The van der Waals surface area contributed by atoms with Crippen LogP contribution in [0, 0.1) is 0 Å².